The number of benzene rings is 2. The minimum Gasteiger partial charge on any atom is -0.494 e. The molecular formula is C30H33Cl2F3O8. The summed E-state index contributed by atoms with van der Waals surface area (Å²) in [6.07, 6.45) is 2.61. The van der Waals surface area contributed by atoms with Gasteiger partial charge in [-0.25, -0.2) is 22.8 Å². The SMILES string of the molecule is COC(=O)C1(C(F)(F)CCCCOc2ccc(Cl)cc2)CO1.COC(=O)C1(C(F)=CCCCOc2ccc(Cl)cc2)CO1. The molecule has 4 rings (SSSR count). The third kappa shape index (κ3) is 9.50. The Morgan fingerprint density at radius 1 is 0.837 bits per heavy atom. The van der Waals surface area contributed by atoms with Crippen LogP contribution in [0, 0.1) is 0 Å². The summed E-state index contributed by atoms with van der Waals surface area (Å²) in [5.74, 6) is -4.21. The van der Waals surface area contributed by atoms with Crippen LogP contribution in [-0.2, 0) is 28.5 Å². The lowest BCUT2D eigenvalue weighted by Gasteiger charge is -2.21. The van der Waals surface area contributed by atoms with E-state index in [1.54, 1.807) is 48.5 Å². The highest BCUT2D eigenvalue weighted by Crippen LogP contribution is 2.46. The average Bonchev–Trinajstić information content (AvgIpc) is 3.93. The van der Waals surface area contributed by atoms with Gasteiger partial charge < -0.3 is 28.4 Å². The van der Waals surface area contributed by atoms with Crippen LogP contribution in [-0.4, -0.2) is 69.7 Å². The summed E-state index contributed by atoms with van der Waals surface area (Å²) < 4.78 is 71.2. The third-order valence-electron chi connectivity index (χ3n) is 6.59. The van der Waals surface area contributed by atoms with Gasteiger partial charge in [0.1, 0.15) is 17.3 Å². The monoisotopic (exact) mass is 648 g/mol. The Morgan fingerprint density at radius 2 is 1.33 bits per heavy atom. The lowest BCUT2D eigenvalue weighted by molar-refractivity contribution is -0.165. The number of carbonyl (C=O) groups is 2. The number of hydrogen-bond donors (Lipinski definition) is 0. The van der Waals surface area contributed by atoms with Crippen molar-refractivity contribution in [3.8, 4) is 11.5 Å². The van der Waals surface area contributed by atoms with E-state index in [0.717, 1.165) is 7.11 Å². The predicted octanol–water partition coefficient (Wildman–Crippen LogP) is 6.76. The van der Waals surface area contributed by atoms with Crippen molar-refractivity contribution in [2.45, 2.75) is 49.2 Å². The first kappa shape index (κ1) is 34.5. The van der Waals surface area contributed by atoms with Crippen LogP contribution in [0.5, 0.6) is 11.5 Å². The molecule has 2 aliphatic heterocycles. The first-order chi connectivity index (χ1) is 20.5. The molecular weight excluding hydrogens is 616 g/mol. The van der Waals surface area contributed by atoms with Gasteiger partial charge in [0.05, 0.1) is 40.6 Å². The highest BCUT2D eigenvalue weighted by atomic mass is 35.5. The number of esters is 2. The van der Waals surface area contributed by atoms with Crippen molar-refractivity contribution < 1.29 is 51.2 Å². The minimum absolute atomic E-state index is 0.0310. The lowest BCUT2D eigenvalue weighted by Crippen LogP contribution is -2.44. The number of hydrogen-bond acceptors (Lipinski definition) is 8. The van der Waals surface area contributed by atoms with Crippen LogP contribution < -0.4 is 9.47 Å². The van der Waals surface area contributed by atoms with Crippen molar-refractivity contribution in [3.63, 3.8) is 0 Å². The average molecular weight is 649 g/mol. The topological polar surface area (TPSA) is 96.1 Å². The zero-order valence-electron chi connectivity index (χ0n) is 23.7. The van der Waals surface area contributed by atoms with E-state index in [9.17, 15) is 22.8 Å². The molecule has 0 radical (unpaired) electrons. The Balaban J connectivity index is 0.000000236. The Labute approximate surface area is 257 Å². The fraction of sp³-hybridized carbons (Fsp3) is 0.467. The summed E-state index contributed by atoms with van der Waals surface area (Å²) in [7, 11) is 2.28. The van der Waals surface area contributed by atoms with Gasteiger partial charge in [0, 0.05) is 16.5 Å². The van der Waals surface area contributed by atoms with Gasteiger partial charge in [0.2, 0.25) is 5.60 Å². The van der Waals surface area contributed by atoms with Crippen molar-refractivity contribution in [2.75, 3.05) is 40.6 Å². The zero-order valence-corrected chi connectivity index (χ0v) is 25.2. The third-order valence-corrected chi connectivity index (χ3v) is 7.10. The second kappa shape index (κ2) is 15.7. The van der Waals surface area contributed by atoms with Gasteiger partial charge in [-0.15, -0.1) is 0 Å². The quantitative estimate of drug-likeness (QED) is 0.119. The highest BCUT2D eigenvalue weighted by Gasteiger charge is 2.70. The van der Waals surface area contributed by atoms with Crippen LogP contribution in [0.4, 0.5) is 13.2 Å². The van der Waals surface area contributed by atoms with E-state index < -0.39 is 41.3 Å². The molecule has 43 heavy (non-hydrogen) atoms. The number of rotatable bonds is 15. The molecule has 2 fully saturated rings. The maximum absolute atomic E-state index is 14.0. The molecule has 0 aromatic heterocycles. The minimum atomic E-state index is -3.24. The molecule has 0 saturated carbocycles. The first-order valence-electron chi connectivity index (χ1n) is 13.4. The summed E-state index contributed by atoms with van der Waals surface area (Å²) in [4.78, 5) is 22.8. The van der Waals surface area contributed by atoms with Gasteiger partial charge in [-0.1, -0.05) is 23.2 Å². The van der Waals surface area contributed by atoms with Gasteiger partial charge in [-0.05, 0) is 80.3 Å². The molecule has 0 amide bonds. The van der Waals surface area contributed by atoms with Crippen molar-refractivity contribution in [1.82, 2.24) is 0 Å². The molecule has 2 aliphatic rings. The number of unbranched alkanes of at least 4 members (excludes halogenated alkanes) is 2. The Hall–Kier alpha value is -2.99. The van der Waals surface area contributed by atoms with E-state index in [4.69, 9.17) is 37.4 Å². The van der Waals surface area contributed by atoms with E-state index >= 15 is 0 Å². The molecule has 0 spiro atoms. The molecule has 13 heteroatoms. The maximum Gasteiger partial charge on any atom is 0.347 e. The number of epoxide rings is 2. The van der Waals surface area contributed by atoms with Crippen LogP contribution in [0.1, 0.15) is 32.1 Å². The van der Waals surface area contributed by atoms with Crippen molar-refractivity contribution in [1.29, 1.82) is 0 Å². The highest BCUT2D eigenvalue weighted by molar-refractivity contribution is 6.30. The molecule has 0 bridgehead atoms. The van der Waals surface area contributed by atoms with E-state index in [2.05, 4.69) is 14.2 Å². The number of alkyl halides is 2. The number of carbonyl (C=O) groups excluding carboxylic acids is 2. The molecule has 2 unspecified atom stereocenters. The molecule has 2 atom stereocenters. The number of ether oxygens (including phenoxy) is 6. The molecule has 2 aromatic carbocycles. The molecule has 0 N–H and O–H groups in total. The standard InChI is InChI=1S/C15H17ClF2O4.C15H16ClFO4/c1-20-13(19)14(10-22-14)15(17,18)8-2-3-9-21-12-6-4-11(16)5-7-12;1-19-14(18)15(10-21-15)13(17)4-2-3-9-20-12-7-5-11(16)6-8-12/h4-7H,2-3,8-10H2,1H3;4-8H,2-3,9-10H2,1H3. The van der Waals surface area contributed by atoms with Crippen LogP contribution in [0.3, 0.4) is 0 Å². The first-order valence-corrected chi connectivity index (χ1v) is 14.2. The molecule has 2 aromatic rings. The van der Waals surface area contributed by atoms with E-state index in [1.165, 1.54) is 13.2 Å². The van der Waals surface area contributed by atoms with Gasteiger partial charge in [0.25, 0.3) is 11.5 Å². The van der Waals surface area contributed by atoms with Gasteiger partial charge in [0.15, 0.2) is 0 Å². The normalized spacial score (nSPS) is 20.8. The largest absolute Gasteiger partial charge is 0.494 e. The Morgan fingerprint density at radius 3 is 1.77 bits per heavy atom. The number of allylic oxidation sites excluding steroid dienone is 1. The summed E-state index contributed by atoms with van der Waals surface area (Å²) >= 11 is 11.5. The van der Waals surface area contributed by atoms with Crippen LogP contribution in [0.2, 0.25) is 10.0 Å². The molecule has 8 nitrogen and oxygen atoms in total. The van der Waals surface area contributed by atoms with Crippen LogP contribution >= 0.6 is 23.2 Å². The Bertz CT molecular complexity index is 1230. The van der Waals surface area contributed by atoms with Gasteiger partial charge in [-0.3, -0.25) is 0 Å². The number of halogens is 5. The second-order valence-corrected chi connectivity index (χ2v) is 10.5. The molecule has 2 heterocycles. The van der Waals surface area contributed by atoms with Crippen molar-refractivity contribution in [2.24, 2.45) is 0 Å². The summed E-state index contributed by atoms with van der Waals surface area (Å²) in [5.41, 5.74) is -3.58. The zero-order chi connectivity index (χ0) is 31.5. The van der Waals surface area contributed by atoms with E-state index in [-0.39, 0.29) is 19.6 Å². The number of methoxy groups -OCH3 is 2. The van der Waals surface area contributed by atoms with E-state index in [1.807, 2.05) is 0 Å². The Kier molecular flexibility index (Phi) is 12.6. The fourth-order valence-corrected chi connectivity index (χ4v) is 4.13. The molecule has 236 valence electrons. The lowest BCUT2D eigenvalue weighted by atomic mass is 9.97. The van der Waals surface area contributed by atoms with Crippen LogP contribution in [0.15, 0.2) is 60.4 Å². The van der Waals surface area contributed by atoms with Gasteiger partial charge in [-0.2, -0.15) is 0 Å². The van der Waals surface area contributed by atoms with Gasteiger partial charge >= 0.3 is 11.9 Å². The summed E-state index contributed by atoms with van der Waals surface area (Å²) in [5, 5.41) is 1.24. The van der Waals surface area contributed by atoms with Crippen LogP contribution in [0.25, 0.3) is 0 Å². The second-order valence-electron chi connectivity index (χ2n) is 9.68. The molecule has 0 aliphatic carbocycles. The van der Waals surface area contributed by atoms with Crippen molar-refractivity contribution >= 4 is 35.1 Å². The summed E-state index contributed by atoms with van der Waals surface area (Å²) in [6.45, 7) is 0.485. The van der Waals surface area contributed by atoms with E-state index in [0.29, 0.717) is 54.0 Å². The molecule has 2 saturated heterocycles. The van der Waals surface area contributed by atoms with Crippen molar-refractivity contribution in [3.05, 3.63) is 70.5 Å². The smallest absolute Gasteiger partial charge is 0.347 e. The predicted molar refractivity (Wildman–Crippen MR) is 153 cm³/mol. The fourth-order valence-electron chi connectivity index (χ4n) is 3.88. The maximum atomic E-state index is 14.0. The summed E-state index contributed by atoms with van der Waals surface area (Å²) in [6, 6.07) is 13.8.